The quantitative estimate of drug-likeness (QED) is 0.776. The molecule has 0 spiro atoms. The van der Waals surface area contributed by atoms with Gasteiger partial charge in [-0.25, -0.2) is 12.7 Å². The van der Waals surface area contributed by atoms with Gasteiger partial charge in [0.05, 0.1) is 12.0 Å². The molecule has 3 rings (SSSR count). The van der Waals surface area contributed by atoms with Gasteiger partial charge in [-0.3, -0.25) is 9.59 Å². The van der Waals surface area contributed by atoms with Crippen molar-refractivity contribution in [3.05, 3.63) is 52.5 Å². The predicted octanol–water partition coefficient (Wildman–Crippen LogP) is 3.28. The average molecular weight is 437 g/mol. The number of aryl methyl sites for hydroxylation is 2. The van der Waals surface area contributed by atoms with Crippen molar-refractivity contribution in [2.24, 2.45) is 0 Å². The van der Waals surface area contributed by atoms with Gasteiger partial charge in [-0.05, 0) is 61.7 Å². The Morgan fingerprint density at radius 2 is 1.90 bits per heavy atom. The maximum atomic E-state index is 13.1. The van der Waals surface area contributed by atoms with Crippen molar-refractivity contribution in [3.63, 3.8) is 0 Å². The second-order valence-corrected chi connectivity index (χ2v) is 9.08. The molecule has 154 valence electrons. The number of carbonyl (C=O) groups is 2. The normalized spacial score (nSPS) is 16.8. The number of halogens is 1. The first-order valence-corrected chi connectivity index (χ1v) is 10.8. The Balaban J connectivity index is 1.92. The van der Waals surface area contributed by atoms with Crippen LogP contribution in [0.1, 0.15) is 24.0 Å². The minimum absolute atomic E-state index is 0.0268. The van der Waals surface area contributed by atoms with E-state index in [1.54, 1.807) is 32.0 Å². The average Bonchev–Trinajstić information content (AvgIpc) is 3.07. The number of ether oxygens (including phenoxy) is 1. The highest BCUT2D eigenvalue weighted by molar-refractivity contribution is 7.89. The van der Waals surface area contributed by atoms with E-state index in [-0.39, 0.29) is 17.7 Å². The maximum absolute atomic E-state index is 13.1. The molecule has 1 atom stereocenters. The van der Waals surface area contributed by atoms with Crippen LogP contribution >= 0.6 is 11.6 Å². The summed E-state index contributed by atoms with van der Waals surface area (Å²) >= 11 is 5.98. The van der Waals surface area contributed by atoms with Crippen LogP contribution in [0.5, 0.6) is 5.75 Å². The summed E-state index contributed by atoms with van der Waals surface area (Å²) in [6.07, 6.45) is 0.0830. The molecular formula is C20H21ClN2O5S. The monoisotopic (exact) mass is 436 g/mol. The van der Waals surface area contributed by atoms with E-state index in [2.05, 4.69) is 5.32 Å². The fraction of sp³-hybridized carbons (Fsp3) is 0.300. The third-order valence-electron chi connectivity index (χ3n) is 4.84. The lowest BCUT2D eigenvalue weighted by Crippen LogP contribution is -2.45. The van der Waals surface area contributed by atoms with E-state index in [1.807, 2.05) is 0 Å². The molecule has 1 fully saturated rings. The third-order valence-corrected chi connectivity index (χ3v) is 6.90. The van der Waals surface area contributed by atoms with Crippen LogP contribution in [0.25, 0.3) is 0 Å². The summed E-state index contributed by atoms with van der Waals surface area (Å²) < 4.78 is 32.1. The Labute approximate surface area is 174 Å². The Bertz CT molecular complexity index is 1080. The van der Waals surface area contributed by atoms with Crippen molar-refractivity contribution in [3.8, 4) is 5.75 Å². The predicted molar refractivity (Wildman–Crippen MR) is 110 cm³/mol. The van der Waals surface area contributed by atoms with Crippen LogP contribution in [0.2, 0.25) is 5.02 Å². The molecule has 1 aliphatic heterocycles. The minimum atomic E-state index is -4.20. The summed E-state index contributed by atoms with van der Waals surface area (Å²) in [6, 6.07) is 8.19. The second kappa shape index (κ2) is 8.04. The molecule has 29 heavy (non-hydrogen) atoms. The molecule has 2 aromatic carbocycles. The van der Waals surface area contributed by atoms with Gasteiger partial charge >= 0.3 is 0 Å². The van der Waals surface area contributed by atoms with E-state index in [1.165, 1.54) is 25.3 Å². The van der Waals surface area contributed by atoms with Crippen LogP contribution in [-0.2, 0) is 19.6 Å². The number of methoxy groups -OCH3 is 1. The van der Waals surface area contributed by atoms with Crippen LogP contribution in [0.15, 0.2) is 41.3 Å². The lowest BCUT2D eigenvalue weighted by atomic mass is 10.1. The van der Waals surface area contributed by atoms with Crippen LogP contribution in [0.3, 0.4) is 0 Å². The van der Waals surface area contributed by atoms with Crippen molar-refractivity contribution < 1.29 is 22.7 Å². The molecule has 0 aromatic heterocycles. The van der Waals surface area contributed by atoms with Crippen molar-refractivity contribution >= 4 is 39.1 Å². The minimum Gasteiger partial charge on any atom is -0.496 e. The van der Waals surface area contributed by atoms with E-state index >= 15 is 0 Å². The third kappa shape index (κ3) is 4.09. The molecule has 2 aromatic rings. The topological polar surface area (TPSA) is 92.8 Å². The number of hydrogen-bond donors (Lipinski definition) is 1. The maximum Gasteiger partial charge on any atom is 0.267 e. The second-order valence-electron chi connectivity index (χ2n) is 6.83. The molecule has 9 heteroatoms. The first-order valence-electron chi connectivity index (χ1n) is 8.94. The zero-order valence-electron chi connectivity index (χ0n) is 16.2. The number of nitrogens with zero attached hydrogens (tertiary/aromatic N) is 1. The number of amides is 2. The lowest BCUT2D eigenvalue weighted by molar-refractivity contribution is -0.128. The first kappa shape index (κ1) is 21.1. The molecule has 0 unspecified atom stereocenters. The number of rotatable bonds is 5. The Morgan fingerprint density at radius 1 is 1.17 bits per heavy atom. The molecule has 7 nitrogen and oxygen atoms in total. The van der Waals surface area contributed by atoms with Crippen molar-refractivity contribution in [2.75, 3.05) is 12.4 Å². The number of sulfonamides is 1. The lowest BCUT2D eigenvalue weighted by Gasteiger charge is -2.24. The van der Waals surface area contributed by atoms with Gasteiger partial charge in [0, 0.05) is 17.1 Å². The SMILES string of the molecule is COc1ccc(S(=O)(=O)N2C(=O)CC[C@H]2C(=O)Nc2cc(Cl)ccc2C)cc1C. The van der Waals surface area contributed by atoms with Gasteiger partial charge < -0.3 is 10.1 Å². The summed E-state index contributed by atoms with van der Waals surface area (Å²) in [7, 11) is -2.71. The highest BCUT2D eigenvalue weighted by Gasteiger charge is 2.44. The Kier molecular flexibility index (Phi) is 5.86. The van der Waals surface area contributed by atoms with Gasteiger partial charge in [-0.15, -0.1) is 0 Å². The first-order chi connectivity index (χ1) is 13.6. The fourth-order valence-corrected chi connectivity index (χ4v) is 5.13. The van der Waals surface area contributed by atoms with Crippen molar-refractivity contribution in [1.82, 2.24) is 4.31 Å². The summed E-state index contributed by atoms with van der Waals surface area (Å²) in [6.45, 7) is 3.50. The smallest absolute Gasteiger partial charge is 0.267 e. The van der Waals surface area contributed by atoms with Crippen LogP contribution < -0.4 is 10.1 Å². The molecule has 0 radical (unpaired) electrons. The van der Waals surface area contributed by atoms with E-state index in [0.29, 0.717) is 26.3 Å². The number of carbonyl (C=O) groups excluding carboxylic acids is 2. The summed E-state index contributed by atoms with van der Waals surface area (Å²) in [5.74, 6) is -0.654. The largest absolute Gasteiger partial charge is 0.496 e. The van der Waals surface area contributed by atoms with Crippen LogP contribution in [0.4, 0.5) is 5.69 Å². The number of hydrogen-bond acceptors (Lipinski definition) is 5. The van der Waals surface area contributed by atoms with Gasteiger partial charge in [0.15, 0.2) is 0 Å². The Morgan fingerprint density at radius 3 is 2.55 bits per heavy atom. The molecule has 1 saturated heterocycles. The van der Waals surface area contributed by atoms with Crippen LogP contribution in [0, 0.1) is 13.8 Å². The zero-order chi connectivity index (χ0) is 21.3. The van der Waals surface area contributed by atoms with Gasteiger partial charge in [-0.1, -0.05) is 17.7 Å². The summed E-state index contributed by atoms with van der Waals surface area (Å²) in [4.78, 5) is 25.2. The highest BCUT2D eigenvalue weighted by Crippen LogP contribution is 2.31. The zero-order valence-corrected chi connectivity index (χ0v) is 17.8. The summed E-state index contributed by atoms with van der Waals surface area (Å²) in [5.41, 5.74) is 1.85. The number of benzene rings is 2. The summed E-state index contributed by atoms with van der Waals surface area (Å²) in [5, 5.41) is 3.13. The van der Waals surface area contributed by atoms with Crippen molar-refractivity contribution in [2.45, 2.75) is 37.6 Å². The molecule has 2 amide bonds. The van der Waals surface area contributed by atoms with E-state index in [4.69, 9.17) is 16.3 Å². The molecule has 1 aliphatic rings. The van der Waals surface area contributed by atoms with Gasteiger partial charge in [0.1, 0.15) is 11.8 Å². The Hall–Kier alpha value is -2.58. The van der Waals surface area contributed by atoms with E-state index in [0.717, 1.165) is 5.56 Å². The van der Waals surface area contributed by atoms with Gasteiger partial charge in [0.2, 0.25) is 11.8 Å². The van der Waals surface area contributed by atoms with Gasteiger partial charge in [-0.2, -0.15) is 0 Å². The molecule has 1 heterocycles. The fourth-order valence-electron chi connectivity index (χ4n) is 3.27. The van der Waals surface area contributed by atoms with Crippen LogP contribution in [-0.4, -0.2) is 37.7 Å². The highest BCUT2D eigenvalue weighted by atomic mass is 35.5. The van der Waals surface area contributed by atoms with E-state index < -0.39 is 27.9 Å². The van der Waals surface area contributed by atoms with Crippen molar-refractivity contribution in [1.29, 1.82) is 0 Å². The van der Waals surface area contributed by atoms with Gasteiger partial charge in [0.25, 0.3) is 10.0 Å². The molecule has 1 N–H and O–H groups in total. The molecule has 0 saturated carbocycles. The standard InChI is InChI=1S/C20H21ClN2O5S/c1-12-4-5-14(21)11-16(12)22-20(25)17-7-9-19(24)23(17)29(26,27)15-6-8-18(28-3)13(2)10-15/h4-6,8,10-11,17H,7,9H2,1-3H3,(H,22,25)/t17-/m0/s1. The molecule has 0 aliphatic carbocycles. The van der Waals surface area contributed by atoms with E-state index in [9.17, 15) is 18.0 Å². The number of nitrogens with one attached hydrogen (secondary N) is 1. The number of anilines is 1. The molecule has 0 bridgehead atoms. The molecular weight excluding hydrogens is 416 g/mol.